The molecule has 5 aliphatic rings. The molecule has 1 amide bonds. The van der Waals surface area contributed by atoms with Crippen LogP contribution in [0.3, 0.4) is 0 Å². The van der Waals surface area contributed by atoms with Crippen LogP contribution < -0.4 is 4.90 Å². The molecule has 1 aromatic rings. The summed E-state index contributed by atoms with van der Waals surface area (Å²) in [7, 11) is 0. The van der Waals surface area contributed by atoms with E-state index in [2.05, 4.69) is 34.1 Å². The number of nitrogens with zero attached hydrogens (tertiary/aromatic N) is 3. The number of carboxylic acids is 1. The van der Waals surface area contributed by atoms with Crippen molar-refractivity contribution in [3.05, 3.63) is 30.3 Å². The molecule has 3 aliphatic heterocycles. The van der Waals surface area contributed by atoms with Crippen LogP contribution in [0.25, 0.3) is 0 Å². The monoisotopic (exact) mass is 493 g/mol. The van der Waals surface area contributed by atoms with Crippen molar-refractivity contribution in [1.29, 1.82) is 0 Å². The van der Waals surface area contributed by atoms with Crippen molar-refractivity contribution in [2.45, 2.75) is 114 Å². The molecule has 6 rings (SSSR count). The Balaban J connectivity index is 1.21. The van der Waals surface area contributed by atoms with Crippen LogP contribution in [0.15, 0.2) is 30.3 Å². The van der Waals surface area contributed by atoms with Gasteiger partial charge in [-0.3, -0.25) is 9.69 Å². The number of hydrogen-bond acceptors (Lipinski definition) is 4. The van der Waals surface area contributed by atoms with Gasteiger partial charge >= 0.3 is 5.97 Å². The molecule has 0 aromatic heterocycles. The molecule has 2 saturated carbocycles. The van der Waals surface area contributed by atoms with Gasteiger partial charge in [-0.1, -0.05) is 43.9 Å². The first kappa shape index (κ1) is 24.3. The van der Waals surface area contributed by atoms with E-state index in [0.29, 0.717) is 31.1 Å². The Kier molecular flexibility index (Phi) is 6.98. The van der Waals surface area contributed by atoms with E-state index in [-0.39, 0.29) is 12.5 Å². The minimum atomic E-state index is -0.868. The van der Waals surface area contributed by atoms with Crippen LogP contribution in [0.5, 0.6) is 0 Å². The Morgan fingerprint density at radius 3 is 2.14 bits per heavy atom. The molecule has 0 spiro atoms. The number of fused-ring (bicyclic) bond motifs is 4. The summed E-state index contributed by atoms with van der Waals surface area (Å²) in [6, 6.07) is 12.0. The summed E-state index contributed by atoms with van der Waals surface area (Å²) in [6.07, 6.45) is 16.1. The van der Waals surface area contributed by atoms with Gasteiger partial charge in [-0.05, 0) is 81.8 Å². The van der Waals surface area contributed by atoms with Crippen molar-refractivity contribution >= 4 is 17.6 Å². The number of benzene rings is 1. The summed E-state index contributed by atoms with van der Waals surface area (Å²) >= 11 is 0. The molecule has 4 bridgehead atoms. The first-order valence-electron chi connectivity index (χ1n) is 14.7. The van der Waals surface area contributed by atoms with E-state index in [1.165, 1.54) is 57.8 Å². The van der Waals surface area contributed by atoms with Crippen molar-refractivity contribution in [1.82, 2.24) is 9.80 Å². The Morgan fingerprint density at radius 1 is 0.806 bits per heavy atom. The van der Waals surface area contributed by atoms with Crippen LogP contribution in [0.2, 0.25) is 0 Å². The Labute approximate surface area is 216 Å². The molecule has 7 atom stereocenters. The molecule has 0 unspecified atom stereocenters. The number of carbonyl (C=O) groups excluding carboxylic acids is 1. The molecular weight excluding hydrogens is 450 g/mol. The lowest BCUT2D eigenvalue weighted by atomic mass is 9.68. The maximum Gasteiger partial charge on any atom is 0.326 e. The van der Waals surface area contributed by atoms with Gasteiger partial charge < -0.3 is 14.9 Å². The van der Waals surface area contributed by atoms with Crippen molar-refractivity contribution in [3.63, 3.8) is 0 Å². The number of carbonyl (C=O) groups is 2. The summed E-state index contributed by atoms with van der Waals surface area (Å²) in [5.74, 6) is 0.993. The summed E-state index contributed by atoms with van der Waals surface area (Å²) in [5, 5.41) is 9.64. The number of anilines is 1. The van der Waals surface area contributed by atoms with Gasteiger partial charge in [-0.25, -0.2) is 4.79 Å². The second-order valence-corrected chi connectivity index (χ2v) is 12.4. The number of carboxylic acid groups (broad SMARTS) is 1. The highest BCUT2D eigenvalue weighted by Crippen LogP contribution is 2.46. The van der Waals surface area contributed by atoms with Gasteiger partial charge in [0.05, 0.1) is 6.54 Å². The standard InChI is InChI=1S/C30H43N3O3/c34-29(31-14-6-13-28(31)30(35)36)20-32(23-9-2-1-3-10-23)26-18-24-11-5-12-25(19-26)33(24)27-16-21-7-4-8-22(15-21)17-27/h1-3,9-10,21-22,24-28H,4-8,11-20H2,(H,35,36)/t21-,22+,24-,25+,26+,27+,28-/m0/s1. The van der Waals surface area contributed by atoms with Crippen LogP contribution in [-0.4, -0.2) is 70.1 Å². The average Bonchev–Trinajstić information content (AvgIpc) is 3.37. The van der Waals surface area contributed by atoms with E-state index < -0.39 is 12.0 Å². The third-order valence-corrected chi connectivity index (χ3v) is 10.2. The molecule has 5 fully saturated rings. The highest BCUT2D eigenvalue weighted by molar-refractivity contribution is 5.87. The minimum absolute atomic E-state index is 0.0311. The Morgan fingerprint density at radius 2 is 1.47 bits per heavy atom. The fourth-order valence-electron chi connectivity index (χ4n) is 8.79. The second-order valence-electron chi connectivity index (χ2n) is 12.4. The lowest BCUT2D eigenvalue weighted by Crippen LogP contribution is -2.62. The van der Waals surface area contributed by atoms with Crippen LogP contribution in [0, 0.1) is 11.8 Å². The number of para-hydroxylation sites is 1. The highest BCUT2D eigenvalue weighted by atomic mass is 16.4. The van der Waals surface area contributed by atoms with Crippen molar-refractivity contribution in [2.24, 2.45) is 11.8 Å². The van der Waals surface area contributed by atoms with Crippen molar-refractivity contribution < 1.29 is 14.7 Å². The average molecular weight is 494 g/mol. The molecule has 196 valence electrons. The van der Waals surface area contributed by atoms with Crippen LogP contribution >= 0.6 is 0 Å². The fraction of sp³-hybridized carbons (Fsp3) is 0.733. The molecule has 3 heterocycles. The van der Waals surface area contributed by atoms with E-state index in [9.17, 15) is 14.7 Å². The predicted molar refractivity (Wildman–Crippen MR) is 141 cm³/mol. The van der Waals surface area contributed by atoms with Gasteiger partial charge in [0.2, 0.25) is 5.91 Å². The van der Waals surface area contributed by atoms with Gasteiger partial charge in [0.1, 0.15) is 6.04 Å². The SMILES string of the molecule is O=C(O)[C@@H]1CCCN1C(=O)CN(c1ccccc1)[C@H]1C[C@H]2CCC[C@@H](C1)N2[C@H]1C[C@@H]2CCC[C@@H](C2)C1. The second kappa shape index (κ2) is 10.4. The van der Waals surface area contributed by atoms with Gasteiger partial charge in [-0.2, -0.15) is 0 Å². The van der Waals surface area contributed by atoms with Gasteiger partial charge in [0.15, 0.2) is 0 Å². The minimum Gasteiger partial charge on any atom is -0.480 e. The summed E-state index contributed by atoms with van der Waals surface area (Å²) in [4.78, 5) is 32.1. The molecule has 2 aliphatic carbocycles. The first-order chi connectivity index (χ1) is 17.6. The number of aliphatic carboxylic acids is 1. The smallest absolute Gasteiger partial charge is 0.326 e. The van der Waals surface area contributed by atoms with E-state index in [4.69, 9.17) is 0 Å². The summed E-state index contributed by atoms with van der Waals surface area (Å²) in [6.45, 7) is 0.845. The van der Waals surface area contributed by atoms with Gasteiger partial charge in [0, 0.05) is 36.4 Å². The van der Waals surface area contributed by atoms with Crippen LogP contribution in [-0.2, 0) is 9.59 Å². The van der Waals surface area contributed by atoms with E-state index >= 15 is 0 Å². The molecule has 6 heteroatoms. The molecule has 1 N–H and O–H groups in total. The Hall–Kier alpha value is -2.08. The molecule has 1 aromatic carbocycles. The lowest BCUT2D eigenvalue weighted by Gasteiger charge is -2.56. The third-order valence-electron chi connectivity index (χ3n) is 10.2. The molecule has 3 saturated heterocycles. The van der Waals surface area contributed by atoms with Crippen LogP contribution in [0.4, 0.5) is 5.69 Å². The zero-order chi connectivity index (χ0) is 24.6. The summed E-state index contributed by atoms with van der Waals surface area (Å²) < 4.78 is 0. The molecule has 0 radical (unpaired) electrons. The highest BCUT2D eigenvalue weighted by Gasteiger charge is 2.46. The lowest BCUT2D eigenvalue weighted by molar-refractivity contribution is -0.147. The maximum absolute atomic E-state index is 13.5. The quantitative estimate of drug-likeness (QED) is 0.609. The van der Waals surface area contributed by atoms with E-state index in [1.54, 1.807) is 4.90 Å². The normalized spacial score (nSPS) is 36.4. The van der Waals surface area contributed by atoms with Crippen molar-refractivity contribution in [2.75, 3.05) is 18.0 Å². The van der Waals surface area contributed by atoms with Gasteiger partial charge in [0.25, 0.3) is 0 Å². The Bertz CT molecular complexity index is 913. The fourth-order valence-corrected chi connectivity index (χ4v) is 8.79. The zero-order valence-corrected chi connectivity index (χ0v) is 21.6. The third kappa shape index (κ3) is 4.78. The summed E-state index contributed by atoms with van der Waals surface area (Å²) in [5.41, 5.74) is 1.10. The number of likely N-dealkylation sites (tertiary alicyclic amines) is 1. The largest absolute Gasteiger partial charge is 0.480 e. The molecule has 6 nitrogen and oxygen atoms in total. The van der Waals surface area contributed by atoms with Crippen LogP contribution in [0.1, 0.15) is 83.5 Å². The number of amides is 1. The van der Waals surface area contributed by atoms with Gasteiger partial charge in [-0.15, -0.1) is 0 Å². The molecular formula is C30H43N3O3. The number of piperidine rings is 2. The van der Waals surface area contributed by atoms with Crippen molar-refractivity contribution in [3.8, 4) is 0 Å². The van der Waals surface area contributed by atoms with E-state index in [1.807, 2.05) is 6.07 Å². The number of hydrogen-bond donors (Lipinski definition) is 1. The maximum atomic E-state index is 13.5. The zero-order valence-electron chi connectivity index (χ0n) is 21.6. The number of rotatable bonds is 6. The first-order valence-corrected chi connectivity index (χ1v) is 14.7. The molecule has 36 heavy (non-hydrogen) atoms. The predicted octanol–water partition coefficient (Wildman–Crippen LogP) is 4.92. The van der Waals surface area contributed by atoms with E-state index in [0.717, 1.165) is 42.8 Å². The topological polar surface area (TPSA) is 64.1 Å².